The summed E-state index contributed by atoms with van der Waals surface area (Å²) in [6.07, 6.45) is 0. The van der Waals surface area contributed by atoms with Crippen molar-refractivity contribution in [3.8, 4) is 6.07 Å². The van der Waals surface area contributed by atoms with Gasteiger partial charge in [0.25, 0.3) is 0 Å². The van der Waals surface area contributed by atoms with E-state index in [1.807, 2.05) is 30.3 Å². The predicted molar refractivity (Wildman–Crippen MR) is 83.7 cm³/mol. The minimum absolute atomic E-state index is 0.0291. The highest BCUT2D eigenvalue weighted by molar-refractivity contribution is 9.10. The average Bonchev–Trinajstić information content (AvgIpc) is 2.46. The minimum Gasteiger partial charge on any atom is -0.398 e. The molecule has 7 heteroatoms. The Morgan fingerprint density at radius 2 is 1.86 bits per heavy atom. The quantitative estimate of drug-likeness (QED) is 0.812. The van der Waals surface area contributed by atoms with Crippen LogP contribution in [0.2, 0.25) is 0 Å². The monoisotopic (exact) mass is 365 g/mol. The maximum absolute atomic E-state index is 12.2. The number of nitrogens with one attached hydrogen (secondary N) is 1. The zero-order valence-corrected chi connectivity index (χ0v) is 13.3. The fourth-order valence-corrected chi connectivity index (χ4v) is 3.11. The molecule has 0 fully saturated rings. The summed E-state index contributed by atoms with van der Waals surface area (Å²) in [5.74, 6) is 0. The topological polar surface area (TPSA) is 96.0 Å². The first kappa shape index (κ1) is 15.5. The fraction of sp³-hybridized carbons (Fsp3) is 0.0714. The van der Waals surface area contributed by atoms with E-state index in [0.717, 1.165) is 10.0 Å². The molecule has 0 radical (unpaired) electrons. The van der Waals surface area contributed by atoms with E-state index in [1.165, 1.54) is 18.2 Å². The van der Waals surface area contributed by atoms with Crippen LogP contribution in [-0.4, -0.2) is 8.42 Å². The Kier molecular flexibility index (Phi) is 4.63. The van der Waals surface area contributed by atoms with Gasteiger partial charge in [0, 0.05) is 11.0 Å². The van der Waals surface area contributed by atoms with Crippen molar-refractivity contribution in [2.24, 2.45) is 0 Å². The van der Waals surface area contributed by atoms with Crippen molar-refractivity contribution >= 4 is 31.6 Å². The highest BCUT2D eigenvalue weighted by atomic mass is 79.9. The lowest BCUT2D eigenvalue weighted by atomic mass is 10.2. The molecule has 3 N–H and O–H groups in total. The summed E-state index contributed by atoms with van der Waals surface area (Å²) >= 11 is 3.31. The van der Waals surface area contributed by atoms with Gasteiger partial charge < -0.3 is 5.73 Å². The minimum atomic E-state index is -3.72. The van der Waals surface area contributed by atoms with E-state index in [2.05, 4.69) is 20.7 Å². The number of nitrogens with two attached hydrogens (primary N) is 1. The zero-order chi connectivity index (χ0) is 15.5. The molecule has 0 aromatic heterocycles. The third-order valence-electron chi connectivity index (χ3n) is 2.81. The Morgan fingerprint density at radius 3 is 2.43 bits per heavy atom. The Hall–Kier alpha value is -1.88. The van der Waals surface area contributed by atoms with Gasteiger partial charge in [0.05, 0.1) is 17.3 Å². The first-order valence-corrected chi connectivity index (χ1v) is 8.24. The van der Waals surface area contributed by atoms with Gasteiger partial charge in [-0.15, -0.1) is 0 Å². The molecule has 0 aliphatic carbocycles. The SMILES string of the molecule is N#Cc1ccc(S(=O)(=O)NCc2ccc(Br)cc2)c(N)c1. The summed E-state index contributed by atoms with van der Waals surface area (Å²) in [5, 5.41) is 8.76. The van der Waals surface area contributed by atoms with Crippen molar-refractivity contribution in [3.63, 3.8) is 0 Å². The smallest absolute Gasteiger partial charge is 0.242 e. The fourth-order valence-electron chi connectivity index (χ4n) is 1.72. The number of sulfonamides is 1. The van der Waals surface area contributed by atoms with Crippen LogP contribution in [0.25, 0.3) is 0 Å². The molecule has 2 aromatic carbocycles. The predicted octanol–water partition coefficient (Wildman–Crippen LogP) is 2.38. The molecule has 2 aromatic rings. The van der Waals surface area contributed by atoms with Crippen LogP contribution >= 0.6 is 15.9 Å². The molecule has 21 heavy (non-hydrogen) atoms. The molecule has 2 rings (SSSR count). The molecule has 108 valence electrons. The van der Waals surface area contributed by atoms with E-state index in [4.69, 9.17) is 11.0 Å². The number of halogens is 1. The molecule has 0 aliphatic rings. The van der Waals surface area contributed by atoms with E-state index in [1.54, 1.807) is 0 Å². The van der Waals surface area contributed by atoms with Crippen LogP contribution in [-0.2, 0) is 16.6 Å². The van der Waals surface area contributed by atoms with Gasteiger partial charge in [-0.2, -0.15) is 5.26 Å². The van der Waals surface area contributed by atoms with Gasteiger partial charge in [0.2, 0.25) is 10.0 Å². The number of nitrogen functional groups attached to an aromatic ring is 1. The molecule has 0 atom stereocenters. The van der Waals surface area contributed by atoms with Gasteiger partial charge in [-0.1, -0.05) is 28.1 Å². The van der Waals surface area contributed by atoms with E-state index in [0.29, 0.717) is 5.56 Å². The molecule has 0 spiro atoms. The average molecular weight is 366 g/mol. The lowest BCUT2D eigenvalue weighted by Gasteiger charge is -2.09. The maximum Gasteiger partial charge on any atom is 0.242 e. The molecule has 0 bridgehead atoms. The van der Waals surface area contributed by atoms with E-state index < -0.39 is 10.0 Å². The van der Waals surface area contributed by atoms with Gasteiger partial charge in [-0.3, -0.25) is 0 Å². The largest absolute Gasteiger partial charge is 0.398 e. The lowest BCUT2D eigenvalue weighted by Crippen LogP contribution is -2.24. The van der Waals surface area contributed by atoms with E-state index in [-0.39, 0.29) is 17.1 Å². The van der Waals surface area contributed by atoms with Crippen LogP contribution in [0.4, 0.5) is 5.69 Å². The summed E-state index contributed by atoms with van der Waals surface area (Å²) in [5.41, 5.74) is 6.90. The van der Waals surface area contributed by atoms with Gasteiger partial charge in [-0.25, -0.2) is 13.1 Å². The third kappa shape index (κ3) is 3.82. The van der Waals surface area contributed by atoms with Gasteiger partial charge >= 0.3 is 0 Å². The number of anilines is 1. The lowest BCUT2D eigenvalue weighted by molar-refractivity contribution is 0.581. The van der Waals surface area contributed by atoms with Crippen LogP contribution in [0.15, 0.2) is 51.8 Å². The first-order valence-electron chi connectivity index (χ1n) is 5.96. The van der Waals surface area contributed by atoms with Crippen LogP contribution < -0.4 is 10.5 Å². The molecule has 0 saturated carbocycles. The molecule has 5 nitrogen and oxygen atoms in total. The van der Waals surface area contributed by atoms with Crippen molar-refractivity contribution in [2.45, 2.75) is 11.4 Å². The highest BCUT2D eigenvalue weighted by Gasteiger charge is 2.17. The van der Waals surface area contributed by atoms with Gasteiger partial charge in [0.1, 0.15) is 4.90 Å². The second kappa shape index (κ2) is 6.26. The Bertz CT molecular complexity index is 796. The zero-order valence-electron chi connectivity index (χ0n) is 10.9. The van der Waals surface area contributed by atoms with Crippen LogP contribution in [0.3, 0.4) is 0 Å². The first-order chi connectivity index (χ1) is 9.92. The molecular formula is C14H12BrN3O2S. The van der Waals surface area contributed by atoms with Crippen molar-refractivity contribution in [1.29, 1.82) is 5.26 Å². The molecule has 0 saturated heterocycles. The van der Waals surface area contributed by atoms with Crippen LogP contribution in [0, 0.1) is 11.3 Å². The number of nitriles is 1. The third-order valence-corrected chi connectivity index (χ3v) is 4.81. The number of benzene rings is 2. The summed E-state index contributed by atoms with van der Waals surface area (Å²) in [6.45, 7) is 0.162. The highest BCUT2D eigenvalue weighted by Crippen LogP contribution is 2.20. The van der Waals surface area contributed by atoms with Crippen molar-refractivity contribution < 1.29 is 8.42 Å². The molecule has 0 unspecified atom stereocenters. The number of hydrogen-bond donors (Lipinski definition) is 2. The van der Waals surface area contributed by atoms with Crippen molar-refractivity contribution in [1.82, 2.24) is 4.72 Å². The molecular weight excluding hydrogens is 354 g/mol. The summed E-state index contributed by atoms with van der Waals surface area (Å²) < 4.78 is 27.8. The Balaban J connectivity index is 2.19. The number of nitrogens with zero attached hydrogens (tertiary/aromatic N) is 1. The van der Waals surface area contributed by atoms with E-state index >= 15 is 0 Å². The number of hydrogen-bond acceptors (Lipinski definition) is 4. The molecule has 0 heterocycles. The summed E-state index contributed by atoms with van der Waals surface area (Å²) in [7, 11) is -3.72. The van der Waals surface area contributed by atoms with Crippen LogP contribution in [0.1, 0.15) is 11.1 Å². The van der Waals surface area contributed by atoms with Crippen LogP contribution in [0.5, 0.6) is 0 Å². The Labute approximate surface area is 131 Å². The summed E-state index contributed by atoms with van der Waals surface area (Å²) in [6, 6.07) is 13.3. The van der Waals surface area contributed by atoms with Crippen molar-refractivity contribution in [3.05, 3.63) is 58.1 Å². The molecule has 0 amide bonds. The summed E-state index contributed by atoms with van der Waals surface area (Å²) in [4.78, 5) is -0.0291. The normalized spacial score (nSPS) is 11.0. The standard InChI is InChI=1S/C14H12BrN3O2S/c15-12-4-1-10(2-5-12)9-18-21(19,20)14-6-3-11(8-16)7-13(14)17/h1-7,18H,9,17H2. The Morgan fingerprint density at radius 1 is 1.19 bits per heavy atom. The van der Waals surface area contributed by atoms with Crippen molar-refractivity contribution in [2.75, 3.05) is 5.73 Å². The molecule has 0 aliphatic heterocycles. The van der Waals surface area contributed by atoms with Gasteiger partial charge in [-0.05, 0) is 35.9 Å². The number of rotatable bonds is 4. The second-order valence-corrected chi connectivity index (χ2v) is 6.97. The van der Waals surface area contributed by atoms with Gasteiger partial charge in [0.15, 0.2) is 0 Å². The van der Waals surface area contributed by atoms with E-state index in [9.17, 15) is 8.42 Å². The second-order valence-electron chi connectivity index (χ2n) is 4.32. The maximum atomic E-state index is 12.2.